The van der Waals surface area contributed by atoms with Crippen LogP contribution in [0.3, 0.4) is 0 Å². The smallest absolute Gasteiger partial charge is 0.0295 e. The third kappa shape index (κ3) is 3.12. The van der Waals surface area contributed by atoms with Crippen molar-refractivity contribution in [2.75, 3.05) is 0 Å². The third-order valence-electron chi connectivity index (χ3n) is 9.78. The molecule has 6 atom stereocenters. The van der Waals surface area contributed by atoms with E-state index in [0.29, 0.717) is 10.8 Å². The first kappa shape index (κ1) is 18.4. The standard InChI is InChI=1S/C25H44/c1-24(2,3)22-16-20-21(25(4,5)18-11-7-6-8-12-18)15-14-17-10-9-13-19(22)23(17)20/h17-23H,6-16H2,1-5H3. The fourth-order valence-corrected chi connectivity index (χ4v) is 8.56. The summed E-state index contributed by atoms with van der Waals surface area (Å²) < 4.78 is 0. The Hall–Kier alpha value is 0. The molecule has 4 aliphatic rings. The van der Waals surface area contributed by atoms with Crippen LogP contribution < -0.4 is 0 Å². The lowest BCUT2D eigenvalue weighted by Crippen LogP contribution is -2.45. The molecule has 25 heavy (non-hydrogen) atoms. The summed E-state index contributed by atoms with van der Waals surface area (Å²) in [5.41, 5.74) is 1.11. The number of hydrogen-bond donors (Lipinski definition) is 0. The Morgan fingerprint density at radius 3 is 2.00 bits per heavy atom. The molecule has 144 valence electrons. The van der Waals surface area contributed by atoms with Gasteiger partial charge < -0.3 is 0 Å². The zero-order valence-corrected chi connectivity index (χ0v) is 17.8. The lowest BCUT2D eigenvalue weighted by atomic mass is 9.52. The van der Waals surface area contributed by atoms with Crippen molar-refractivity contribution in [3.8, 4) is 0 Å². The van der Waals surface area contributed by atoms with E-state index in [4.69, 9.17) is 0 Å². The summed E-state index contributed by atoms with van der Waals surface area (Å²) in [6.07, 6.45) is 16.9. The van der Waals surface area contributed by atoms with Crippen molar-refractivity contribution in [3.05, 3.63) is 0 Å². The lowest BCUT2D eigenvalue weighted by molar-refractivity contribution is -0.0355. The highest BCUT2D eigenvalue weighted by Gasteiger charge is 2.57. The van der Waals surface area contributed by atoms with E-state index < -0.39 is 0 Å². The van der Waals surface area contributed by atoms with Crippen molar-refractivity contribution in [2.24, 2.45) is 52.3 Å². The highest BCUT2D eigenvalue weighted by molar-refractivity contribution is 5.06. The van der Waals surface area contributed by atoms with Crippen LogP contribution in [0.4, 0.5) is 0 Å². The van der Waals surface area contributed by atoms with Gasteiger partial charge in [-0.15, -0.1) is 0 Å². The van der Waals surface area contributed by atoms with Gasteiger partial charge in [-0.25, -0.2) is 0 Å². The molecule has 0 saturated heterocycles. The van der Waals surface area contributed by atoms with E-state index in [-0.39, 0.29) is 0 Å². The average Bonchev–Trinajstić information content (AvgIpc) is 2.98. The molecule has 4 fully saturated rings. The SMILES string of the molecule is CC(C)(C)C1CC2C3C(CCCC31)CCC2C(C)(C)C1CCCCC1. The molecule has 0 bridgehead atoms. The van der Waals surface area contributed by atoms with E-state index in [1.807, 2.05) is 0 Å². The van der Waals surface area contributed by atoms with Gasteiger partial charge in [0.25, 0.3) is 0 Å². The van der Waals surface area contributed by atoms with Crippen LogP contribution >= 0.6 is 0 Å². The largest absolute Gasteiger partial charge is 0.0599 e. The number of rotatable bonds is 2. The Morgan fingerprint density at radius 2 is 1.32 bits per heavy atom. The normalized spacial score (nSPS) is 43.1. The van der Waals surface area contributed by atoms with Crippen LogP contribution in [0.15, 0.2) is 0 Å². The molecule has 4 aliphatic carbocycles. The van der Waals surface area contributed by atoms with Crippen molar-refractivity contribution in [2.45, 2.75) is 105 Å². The highest BCUT2D eigenvalue weighted by atomic mass is 14.6. The van der Waals surface area contributed by atoms with Gasteiger partial charge in [0.2, 0.25) is 0 Å². The lowest BCUT2D eigenvalue weighted by Gasteiger charge is -2.53. The molecule has 4 saturated carbocycles. The van der Waals surface area contributed by atoms with E-state index in [1.54, 1.807) is 32.1 Å². The molecule has 0 heterocycles. The molecule has 0 N–H and O–H groups in total. The van der Waals surface area contributed by atoms with Gasteiger partial charge in [0.05, 0.1) is 0 Å². The second kappa shape index (κ2) is 6.56. The first-order chi connectivity index (χ1) is 11.8. The Morgan fingerprint density at radius 1 is 0.600 bits per heavy atom. The summed E-state index contributed by atoms with van der Waals surface area (Å²) in [4.78, 5) is 0. The van der Waals surface area contributed by atoms with Crippen molar-refractivity contribution >= 4 is 0 Å². The van der Waals surface area contributed by atoms with E-state index in [2.05, 4.69) is 34.6 Å². The first-order valence-electron chi connectivity index (χ1n) is 11.8. The van der Waals surface area contributed by atoms with Crippen LogP contribution in [0.1, 0.15) is 105 Å². The predicted molar refractivity (Wildman–Crippen MR) is 108 cm³/mol. The van der Waals surface area contributed by atoms with Gasteiger partial charge in [-0.05, 0) is 90.8 Å². The Bertz CT molecular complexity index is 461. The molecule has 0 aromatic carbocycles. The summed E-state index contributed by atoms with van der Waals surface area (Å²) in [5, 5.41) is 0. The fourth-order valence-electron chi connectivity index (χ4n) is 8.56. The van der Waals surface area contributed by atoms with E-state index in [1.165, 1.54) is 38.5 Å². The molecule has 0 radical (unpaired) electrons. The van der Waals surface area contributed by atoms with Crippen LogP contribution in [0, 0.1) is 52.3 Å². The van der Waals surface area contributed by atoms with Gasteiger partial charge in [-0.2, -0.15) is 0 Å². The average molecular weight is 345 g/mol. The quantitative estimate of drug-likeness (QED) is 0.481. The van der Waals surface area contributed by atoms with Gasteiger partial charge in [0.15, 0.2) is 0 Å². The van der Waals surface area contributed by atoms with Gasteiger partial charge in [-0.1, -0.05) is 66.7 Å². The molecule has 0 amide bonds. The maximum atomic E-state index is 2.69. The predicted octanol–water partition coefficient (Wildman–Crippen LogP) is 7.72. The van der Waals surface area contributed by atoms with Crippen LogP contribution in [0.5, 0.6) is 0 Å². The fraction of sp³-hybridized carbons (Fsp3) is 1.00. The van der Waals surface area contributed by atoms with Gasteiger partial charge in [0.1, 0.15) is 0 Å². The number of hydrogen-bond acceptors (Lipinski definition) is 0. The topological polar surface area (TPSA) is 0 Å². The zero-order valence-electron chi connectivity index (χ0n) is 17.8. The molecule has 0 aromatic rings. The Kier molecular flexibility index (Phi) is 4.82. The molecular weight excluding hydrogens is 300 g/mol. The summed E-state index contributed by atoms with van der Waals surface area (Å²) in [7, 11) is 0. The van der Waals surface area contributed by atoms with Crippen LogP contribution in [0.25, 0.3) is 0 Å². The molecule has 4 rings (SSSR count). The van der Waals surface area contributed by atoms with Crippen molar-refractivity contribution in [3.63, 3.8) is 0 Å². The molecule has 0 nitrogen and oxygen atoms in total. The summed E-state index contributed by atoms with van der Waals surface area (Å²) in [6.45, 7) is 13.0. The summed E-state index contributed by atoms with van der Waals surface area (Å²) in [5.74, 6) is 7.34. The minimum absolute atomic E-state index is 0.517. The van der Waals surface area contributed by atoms with E-state index in [9.17, 15) is 0 Å². The molecule has 0 aromatic heterocycles. The van der Waals surface area contributed by atoms with Crippen molar-refractivity contribution < 1.29 is 0 Å². The molecular formula is C25H44. The van der Waals surface area contributed by atoms with Gasteiger partial charge in [-0.3, -0.25) is 0 Å². The zero-order chi connectivity index (χ0) is 17.8. The molecule has 0 heteroatoms. The Labute approximate surface area is 157 Å². The van der Waals surface area contributed by atoms with Crippen LogP contribution in [-0.4, -0.2) is 0 Å². The molecule has 0 aliphatic heterocycles. The van der Waals surface area contributed by atoms with Crippen LogP contribution in [-0.2, 0) is 0 Å². The van der Waals surface area contributed by atoms with Gasteiger partial charge in [0, 0.05) is 0 Å². The maximum Gasteiger partial charge on any atom is -0.0295 e. The maximum absolute atomic E-state index is 2.69. The van der Waals surface area contributed by atoms with Crippen LogP contribution in [0.2, 0.25) is 0 Å². The second-order valence-corrected chi connectivity index (χ2v) is 12.1. The summed E-state index contributed by atoms with van der Waals surface area (Å²) in [6, 6.07) is 0. The highest BCUT2D eigenvalue weighted by Crippen LogP contribution is 2.65. The summed E-state index contributed by atoms with van der Waals surface area (Å²) >= 11 is 0. The Balaban J connectivity index is 1.61. The molecule has 0 spiro atoms. The van der Waals surface area contributed by atoms with E-state index >= 15 is 0 Å². The van der Waals surface area contributed by atoms with E-state index in [0.717, 1.165) is 41.4 Å². The second-order valence-electron chi connectivity index (χ2n) is 12.1. The third-order valence-corrected chi connectivity index (χ3v) is 9.78. The van der Waals surface area contributed by atoms with Crippen molar-refractivity contribution in [1.29, 1.82) is 0 Å². The van der Waals surface area contributed by atoms with Crippen molar-refractivity contribution in [1.82, 2.24) is 0 Å². The monoisotopic (exact) mass is 344 g/mol. The van der Waals surface area contributed by atoms with Gasteiger partial charge >= 0.3 is 0 Å². The minimum atomic E-state index is 0.517. The first-order valence-corrected chi connectivity index (χ1v) is 11.8. The molecule has 6 unspecified atom stereocenters. The minimum Gasteiger partial charge on any atom is -0.0599 e.